The van der Waals surface area contributed by atoms with Crippen molar-refractivity contribution in [1.82, 2.24) is 25.8 Å². The number of fused-ring (bicyclic) bond motifs is 2. The van der Waals surface area contributed by atoms with E-state index in [-0.39, 0.29) is 11.4 Å². The third kappa shape index (κ3) is 5.79. The van der Waals surface area contributed by atoms with Gasteiger partial charge in [0.25, 0.3) is 17.7 Å². The second-order valence-electron chi connectivity index (χ2n) is 11.6. The van der Waals surface area contributed by atoms with Gasteiger partial charge in [-0.3, -0.25) is 33.8 Å². The smallest absolute Gasteiger partial charge is 0.352 e. The van der Waals surface area contributed by atoms with Gasteiger partial charge in [0.05, 0.1) is 0 Å². The molecule has 15 heteroatoms. The van der Waals surface area contributed by atoms with Crippen molar-refractivity contribution in [3.8, 4) is 0 Å². The first-order valence-corrected chi connectivity index (χ1v) is 16.9. The first-order valence-electron chi connectivity index (χ1n) is 14.8. The summed E-state index contributed by atoms with van der Waals surface area (Å²) in [5.74, 6) is -3.31. The zero-order valence-electron chi connectivity index (χ0n) is 25.3. The number of carboxylic acid groups (broad SMARTS) is 1. The normalized spacial score (nSPS) is 24.7. The quantitative estimate of drug-likeness (QED) is 0.239. The van der Waals surface area contributed by atoms with Crippen molar-refractivity contribution in [3.63, 3.8) is 0 Å². The van der Waals surface area contributed by atoms with Crippen LogP contribution in [0.4, 0.5) is 0 Å². The van der Waals surface area contributed by atoms with E-state index in [0.29, 0.717) is 33.8 Å². The Hall–Kier alpha value is -4.60. The van der Waals surface area contributed by atoms with Gasteiger partial charge in [-0.1, -0.05) is 60.7 Å². The molecule has 0 aromatic heterocycles. The van der Waals surface area contributed by atoms with Crippen LogP contribution in [-0.4, -0.2) is 84.7 Å². The largest absolute Gasteiger partial charge is 0.477 e. The van der Waals surface area contributed by atoms with Gasteiger partial charge >= 0.3 is 5.97 Å². The third-order valence-corrected chi connectivity index (χ3v) is 11.3. The molecule has 4 aliphatic heterocycles. The summed E-state index contributed by atoms with van der Waals surface area (Å²) >= 11 is 2.74. The average molecular weight is 677 g/mol. The van der Waals surface area contributed by atoms with Crippen LogP contribution < -0.4 is 21.7 Å². The topological polar surface area (TPSA) is 191 Å². The first kappa shape index (κ1) is 32.3. The minimum Gasteiger partial charge on any atom is -0.477 e. The molecular formula is C32H32N6O7S2. The summed E-state index contributed by atoms with van der Waals surface area (Å²) < 4.78 is 0. The van der Waals surface area contributed by atoms with Gasteiger partial charge in [0.15, 0.2) is 0 Å². The molecule has 4 aliphatic rings. The van der Waals surface area contributed by atoms with Crippen molar-refractivity contribution in [2.45, 2.75) is 48.8 Å². The van der Waals surface area contributed by atoms with Crippen molar-refractivity contribution < 1.29 is 33.9 Å². The fourth-order valence-electron chi connectivity index (χ4n) is 6.00. The van der Waals surface area contributed by atoms with E-state index in [1.807, 2.05) is 0 Å². The van der Waals surface area contributed by atoms with Crippen LogP contribution in [0.5, 0.6) is 0 Å². The number of benzene rings is 2. The van der Waals surface area contributed by atoms with Gasteiger partial charge in [0, 0.05) is 11.5 Å². The number of β-lactam (4-membered cyclic amide) rings is 2. The number of nitrogens with zero attached hydrogens (tertiary/aromatic N) is 2. The first-order chi connectivity index (χ1) is 22.5. The second-order valence-corrected chi connectivity index (χ2v) is 13.8. The Kier molecular flexibility index (Phi) is 8.87. The predicted molar refractivity (Wildman–Crippen MR) is 174 cm³/mol. The van der Waals surface area contributed by atoms with Gasteiger partial charge < -0.3 is 26.8 Å². The number of amides is 5. The number of nitrogens with one attached hydrogen (secondary N) is 3. The number of thioether (sulfide) groups is 2. The molecule has 6 rings (SSSR count). The third-order valence-electron chi connectivity index (χ3n) is 8.44. The number of aliphatic carboxylic acids is 1. The molecule has 2 saturated heterocycles. The number of hydrogen-bond donors (Lipinski definition) is 5. The maximum absolute atomic E-state index is 13.9. The van der Waals surface area contributed by atoms with Crippen molar-refractivity contribution >= 4 is 59.0 Å². The molecule has 2 aromatic rings. The zero-order valence-corrected chi connectivity index (χ0v) is 27.0. The molecule has 0 bridgehead atoms. The maximum Gasteiger partial charge on any atom is 0.352 e. The van der Waals surface area contributed by atoms with Crippen LogP contribution in [0.25, 0.3) is 0 Å². The number of carbonyl (C=O) groups excluding carboxylic acids is 5. The van der Waals surface area contributed by atoms with Gasteiger partial charge in [-0.25, -0.2) is 4.79 Å². The van der Waals surface area contributed by atoms with E-state index < -0.39 is 70.4 Å². The molecule has 3 unspecified atom stereocenters. The number of hydrogen-bond acceptors (Lipinski definition) is 9. The fourth-order valence-corrected chi connectivity index (χ4v) is 8.59. The standard InChI is InChI=1S/C32H32N6O7S2/c1-15-13-46-30-21(35-25(39)19(33)17-9-5-3-6-10-17)28(42)37(30)23(15)27(41)34-20(18-11-7-4-8-12-18)26(40)36-22-29(43)38-24(32(44)45)16(2)14-47-31(22)38/h3-12,19-22,30-31H,13-14,33H2,1-2H3,(H,34,41)(H,35,39)(H,36,40)(H,44,45)/t19-,20?,21?,22?,30-,31-/m1/s1. The molecule has 244 valence electrons. The monoisotopic (exact) mass is 676 g/mol. The molecular weight excluding hydrogens is 645 g/mol. The molecule has 0 spiro atoms. The number of nitrogens with two attached hydrogens (primary N) is 1. The van der Waals surface area contributed by atoms with Crippen LogP contribution in [0.2, 0.25) is 0 Å². The zero-order chi connectivity index (χ0) is 33.6. The highest BCUT2D eigenvalue weighted by atomic mass is 32.2. The highest BCUT2D eigenvalue weighted by molar-refractivity contribution is 8.00. The molecule has 2 fully saturated rings. The van der Waals surface area contributed by atoms with Crippen LogP contribution in [0.1, 0.15) is 37.1 Å². The Bertz CT molecular complexity index is 1730. The minimum atomic E-state index is -1.24. The summed E-state index contributed by atoms with van der Waals surface area (Å²) in [5.41, 5.74) is 8.34. The van der Waals surface area contributed by atoms with E-state index >= 15 is 0 Å². The summed E-state index contributed by atoms with van der Waals surface area (Å²) in [6, 6.07) is 13.1. The number of carboxylic acids is 1. The Balaban J connectivity index is 1.17. The summed E-state index contributed by atoms with van der Waals surface area (Å²) in [7, 11) is 0. The molecule has 0 radical (unpaired) electrons. The highest BCUT2D eigenvalue weighted by Gasteiger charge is 2.55. The van der Waals surface area contributed by atoms with Crippen LogP contribution in [0.3, 0.4) is 0 Å². The van der Waals surface area contributed by atoms with Gasteiger partial charge in [-0.2, -0.15) is 0 Å². The Morgan fingerprint density at radius 3 is 1.77 bits per heavy atom. The fraction of sp³-hybridized carbons (Fsp3) is 0.312. The lowest BCUT2D eigenvalue weighted by molar-refractivity contribution is -0.151. The molecule has 6 atom stereocenters. The maximum atomic E-state index is 13.9. The van der Waals surface area contributed by atoms with Crippen LogP contribution >= 0.6 is 23.5 Å². The van der Waals surface area contributed by atoms with Gasteiger partial charge in [-0.05, 0) is 36.1 Å². The SMILES string of the molecule is CC1=C(C(=O)O)N2C(=O)C(NC(=O)C(NC(=O)C3=C(C)CS[C@@H]4C(NC(=O)[C@H](N)c5ccccc5)C(=O)N34)c3ccccc3)[C@H]2SC1. The lowest BCUT2D eigenvalue weighted by Gasteiger charge is -2.50. The van der Waals surface area contributed by atoms with Crippen molar-refractivity contribution in [3.05, 3.63) is 94.3 Å². The van der Waals surface area contributed by atoms with Gasteiger partial charge in [-0.15, -0.1) is 23.5 Å². The van der Waals surface area contributed by atoms with E-state index in [9.17, 15) is 33.9 Å². The molecule has 5 amide bonds. The summed E-state index contributed by atoms with van der Waals surface area (Å²) in [4.78, 5) is 81.2. The average Bonchev–Trinajstić information content (AvgIpc) is 3.08. The van der Waals surface area contributed by atoms with Crippen molar-refractivity contribution in [2.24, 2.45) is 5.73 Å². The molecule has 13 nitrogen and oxygen atoms in total. The summed E-state index contributed by atoms with van der Waals surface area (Å²) in [6.07, 6.45) is 0. The van der Waals surface area contributed by atoms with Crippen LogP contribution in [-0.2, 0) is 28.8 Å². The van der Waals surface area contributed by atoms with E-state index in [1.165, 1.54) is 33.3 Å². The van der Waals surface area contributed by atoms with E-state index in [0.717, 1.165) is 0 Å². The summed E-state index contributed by atoms with van der Waals surface area (Å²) in [5, 5.41) is 16.7. The number of rotatable bonds is 9. The predicted octanol–water partition coefficient (Wildman–Crippen LogP) is 0.976. The lowest BCUT2D eigenvalue weighted by Crippen LogP contribution is -2.72. The minimum absolute atomic E-state index is 0.0833. The molecule has 4 heterocycles. The van der Waals surface area contributed by atoms with Gasteiger partial charge in [0.2, 0.25) is 11.8 Å². The highest BCUT2D eigenvalue weighted by Crippen LogP contribution is 2.42. The van der Waals surface area contributed by atoms with E-state index in [2.05, 4.69) is 16.0 Å². The Morgan fingerprint density at radius 1 is 0.766 bits per heavy atom. The van der Waals surface area contributed by atoms with Crippen LogP contribution in [0, 0.1) is 0 Å². The van der Waals surface area contributed by atoms with Crippen LogP contribution in [0.15, 0.2) is 83.2 Å². The molecule has 2 aromatic carbocycles. The Labute approximate surface area is 278 Å². The van der Waals surface area contributed by atoms with Crippen molar-refractivity contribution in [2.75, 3.05) is 11.5 Å². The number of carbonyl (C=O) groups is 6. The molecule has 0 saturated carbocycles. The van der Waals surface area contributed by atoms with Crippen molar-refractivity contribution in [1.29, 1.82) is 0 Å². The lowest BCUT2D eigenvalue weighted by atomic mass is 9.99. The van der Waals surface area contributed by atoms with E-state index in [4.69, 9.17) is 5.73 Å². The van der Waals surface area contributed by atoms with E-state index in [1.54, 1.807) is 74.5 Å². The molecule has 0 aliphatic carbocycles. The second kappa shape index (κ2) is 12.9. The van der Waals surface area contributed by atoms with Gasteiger partial charge in [0.1, 0.15) is 46.3 Å². The molecule has 6 N–H and O–H groups in total. The Morgan fingerprint density at radius 2 is 1.23 bits per heavy atom. The summed E-state index contributed by atoms with van der Waals surface area (Å²) in [6.45, 7) is 3.37. The molecule has 47 heavy (non-hydrogen) atoms.